The van der Waals surface area contributed by atoms with E-state index in [0.29, 0.717) is 11.7 Å². The SMILES string of the molecule is CC[C@H](C)C(O)Nc1ncc(-c2ccccc2)nc1CC(C)C. The molecule has 2 N–H and O–H groups in total. The smallest absolute Gasteiger partial charge is 0.149 e. The Hall–Kier alpha value is -1.94. The predicted molar refractivity (Wildman–Crippen MR) is 95.1 cm³/mol. The van der Waals surface area contributed by atoms with Gasteiger partial charge in [0.2, 0.25) is 0 Å². The van der Waals surface area contributed by atoms with Gasteiger partial charge in [0.05, 0.1) is 17.6 Å². The normalized spacial score (nSPS) is 13.8. The van der Waals surface area contributed by atoms with Gasteiger partial charge in [0.25, 0.3) is 0 Å². The number of nitrogens with zero attached hydrogens (tertiary/aromatic N) is 2. The summed E-state index contributed by atoms with van der Waals surface area (Å²) in [4.78, 5) is 9.32. The van der Waals surface area contributed by atoms with Crippen molar-refractivity contribution in [1.82, 2.24) is 9.97 Å². The molecule has 1 aromatic carbocycles. The average molecular weight is 313 g/mol. The molecule has 0 saturated heterocycles. The van der Waals surface area contributed by atoms with E-state index in [-0.39, 0.29) is 5.92 Å². The van der Waals surface area contributed by atoms with Crippen LogP contribution in [0.3, 0.4) is 0 Å². The minimum Gasteiger partial charge on any atom is -0.373 e. The van der Waals surface area contributed by atoms with E-state index in [1.165, 1.54) is 0 Å². The van der Waals surface area contributed by atoms with E-state index in [4.69, 9.17) is 4.98 Å². The Bertz CT molecular complexity index is 613. The summed E-state index contributed by atoms with van der Waals surface area (Å²) in [7, 11) is 0. The molecular formula is C19H27N3O. The molecule has 0 bridgehead atoms. The van der Waals surface area contributed by atoms with E-state index in [2.05, 4.69) is 31.1 Å². The van der Waals surface area contributed by atoms with Gasteiger partial charge in [-0.25, -0.2) is 9.97 Å². The monoisotopic (exact) mass is 313 g/mol. The number of hydrogen-bond acceptors (Lipinski definition) is 4. The number of aromatic nitrogens is 2. The third-order valence-corrected chi connectivity index (χ3v) is 3.98. The van der Waals surface area contributed by atoms with E-state index in [0.717, 1.165) is 29.8 Å². The molecule has 0 aliphatic rings. The van der Waals surface area contributed by atoms with E-state index in [9.17, 15) is 5.11 Å². The van der Waals surface area contributed by atoms with Crippen LogP contribution in [-0.4, -0.2) is 21.3 Å². The largest absolute Gasteiger partial charge is 0.373 e. The third-order valence-electron chi connectivity index (χ3n) is 3.98. The Morgan fingerprint density at radius 1 is 1.13 bits per heavy atom. The van der Waals surface area contributed by atoms with Crippen LogP contribution >= 0.6 is 0 Å². The van der Waals surface area contributed by atoms with Gasteiger partial charge in [-0.15, -0.1) is 0 Å². The molecule has 23 heavy (non-hydrogen) atoms. The minimum absolute atomic E-state index is 0.164. The standard InChI is InChI=1S/C19H27N3O/c1-5-14(4)19(23)22-18-16(11-13(2)3)21-17(12-20-18)15-9-7-6-8-10-15/h6-10,12-14,19,23H,5,11H2,1-4H3,(H,20,22)/t14-,19?/m0/s1. The first-order valence-corrected chi connectivity index (χ1v) is 8.37. The van der Waals surface area contributed by atoms with Crippen LogP contribution in [0.5, 0.6) is 0 Å². The molecular weight excluding hydrogens is 286 g/mol. The summed E-state index contributed by atoms with van der Waals surface area (Å²) in [6.45, 7) is 8.40. The van der Waals surface area contributed by atoms with Crippen molar-refractivity contribution in [3.63, 3.8) is 0 Å². The molecule has 2 aromatic rings. The molecule has 0 saturated carbocycles. The zero-order valence-electron chi connectivity index (χ0n) is 14.5. The Morgan fingerprint density at radius 3 is 2.43 bits per heavy atom. The lowest BCUT2D eigenvalue weighted by Crippen LogP contribution is -2.27. The van der Waals surface area contributed by atoms with Gasteiger partial charge in [0, 0.05) is 11.5 Å². The lowest BCUT2D eigenvalue weighted by molar-refractivity contribution is 0.141. The molecule has 2 rings (SSSR count). The molecule has 0 spiro atoms. The van der Waals surface area contributed by atoms with Crippen molar-refractivity contribution >= 4 is 5.82 Å². The molecule has 0 radical (unpaired) electrons. The molecule has 1 heterocycles. The van der Waals surface area contributed by atoms with Crippen LogP contribution in [0, 0.1) is 11.8 Å². The van der Waals surface area contributed by atoms with Crippen LogP contribution in [-0.2, 0) is 6.42 Å². The number of benzene rings is 1. The lowest BCUT2D eigenvalue weighted by Gasteiger charge is -2.21. The van der Waals surface area contributed by atoms with Crippen molar-refractivity contribution in [3.05, 3.63) is 42.2 Å². The Kier molecular flexibility index (Phi) is 6.11. The van der Waals surface area contributed by atoms with E-state index >= 15 is 0 Å². The quantitative estimate of drug-likeness (QED) is 0.755. The number of rotatable bonds is 7. The molecule has 124 valence electrons. The average Bonchev–Trinajstić information content (AvgIpc) is 2.55. The Morgan fingerprint density at radius 2 is 1.83 bits per heavy atom. The topological polar surface area (TPSA) is 58.0 Å². The van der Waals surface area contributed by atoms with Gasteiger partial charge in [0.1, 0.15) is 12.0 Å². The van der Waals surface area contributed by atoms with Crippen molar-refractivity contribution in [1.29, 1.82) is 0 Å². The fourth-order valence-electron chi connectivity index (χ4n) is 2.33. The first-order valence-electron chi connectivity index (χ1n) is 8.37. The van der Waals surface area contributed by atoms with Gasteiger partial charge < -0.3 is 10.4 Å². The molecule has 0 aliphatic heterocycles. The predicted octanol–water partition coefficient (Wildman–Crippen LogP) is 4.12. The second kappa shape index (κ2) is 8.06. The summed E-state index contributed by atoms with van der Waals surface area (Å²) < 4.78 is 0. The van der Waals surface area contributed by atoms with Gasteiger partial charge in [-0.3, -0.25) is 0 Å². The fraction of sp³-hybridized carbons (Fsp3) is 0.474. The van der Waals surface area contributed by atoms with Crippen LogP contribution in [0.2, 0.25) is 0 Å². The van der Waals surface area contributed by atoms with Crippen LogP contribution in [0.1, 0.15) is 39.8 Å². The second-order valence-electron chi connectivity index (χ2n) is 6.49. The first kappa shape index (κ1) is 17.4. The highest BCUT2D eigenvalue weighted by Gasteiger charge is 2.16. The Balaban J connectivity index is 2.31. The van der Waals surface area contributed by atoms with Crippen LogP contribution in [0.15, 0.2) is 36.5 Å². The van der Waals surface area contributed by atoms with Crippen LogP contribution in [0.4, 0.5) is 5.82 Å². The molecule has 0 fully saturated rings. The zero-order chi connectivity index (χ0) is 16.8. The summed E-state index contributed by atoms with van der Waals surface area (Å²) in [6, 6.07) is 10.1. The maximum absolute atomic E-state index is 10.2. The molecule has 4 heteroatoms. The maximum Gasteiger partial charge on any atom is 0.149 e. The summed E-state index contributed by atoms with van der Waals surface area (Å²) in [6.07, 6.45) is 2.89. The van der Waals surface area contributed by atoms with Crippen molar-refractivity contribution in [3.8, 4) is 11.3 Å². The van der Waals surface area contributed by atoms with Gasteiger partial charge in [-0.1, -0.05) is 58.0 Å². The minimum atomic E-state index is -0.609. The summed E-state index contributed by atoms with van der Waals surface area (Å²) >= 11 is 0. The van der Waals surface area contributed by atoms with Gasteiger partial charge in [-0.2, -0.15) is 0 Å². The van der Waals surface area contributed by atoms with Crippen molar-refractivity contribution in [2.75, 3.05) is 5.32 Å². The van der Waals surface area contributed by atoms with Crippen molar-refractivity contribution in [2.45, 2.75) is 46.8 Å². The van der Waals surface area contributed by atoms with Crippen molar-refractivity contribution < 1.29 is 5.11 Å². The van der Waals surface area contributed by atoms with E-state index in [1.54, 1.807) is 6.20 Å². The lowest BCUT2D eigenvalue weighted by atomic mass is 10.1. The second-order valence-corrected chi connectivity index (χ2v) is 6.49. The summed E-state index contributed by atoms with van der Waals surface area (Å²) in [5.41, 5.74) is 2.83. The van der Waals surface area contributed by atoms with Crippen LogP contribution < -0.4 is 5.32 Å². The summed E-state index contributed by atoms with van der Waals surface area (Å²) in [5, 5.41) is 13.4. The number of hydrogen-bond donors (Lipinski definition) is 2. The highest BCUT2D eigenvalue weighted by atomic mass is 16.3. The van der Waals surface area contributed by atoms with Gasteiger partial charge >= 0.3 is 0 Å². The molecule has 4 nitrogen and oxygen atoms in total. The third kappa shape index (κ3) is 4.76. The van der Waals surface area contributed by atoms with Gasteiger partial charge in [-0.05, 0) is 18.8 Å². The number of anilines is 1. The number of aliphatic hydroxyl groups is 1. The van der Waals surface area contributed by atoms with Crippen LogP contribution in [0.25, 0.3) is 11.3 Å². The van der Waals surface area contributed by atoms with Gasteiger partial charge in [0.15, 0.2) is 0 Å². The molecule has 1 unspecified atom stereocenters. The number of nitrogens with one attached hydrogen (secondary N) is 1. The highest BCUT2D eigenvalue weighted by molar-refractivity contribution is 5.59. The molecule has 0 aliphatic carbocycles. The molecule has 0 amide bonds. The Labute approximate surface area is 139 Å². The first-order chi connectivity index (χ1) is 11.0. The number of aliphatic hydroxyl groups excluding tert-OH is 1. The zero-order valence-corrected chi connectivity index (χ0v) is 14.5. The fourth-order valence-corrected chi connectivity index (χ4v) is 2.33. The van der Waals surface area contributed by atoms with Crippen molar-refractivity contribution in [2.24, 2.45) is 11.8 Å². The molecule has 2 atom stereocenters. The molecule has 1 aromatic heterocycles. The summed E-state index contributed by atoms with van der Waals surface area (Å²) in [5.74, 6) is 1.32. The van der Waals surface area contributed by atoms with E-state index in [1.807, 2.05) is 37.3 Å². The van der Waals surface area contributed by atoms with E-state index < -0.39 is 6.23 Å². The maximum atomic E-state index is 10.2. The highest BCUT2D eigenvalue weighted by Crippen LogP contribution is 2.22.